The molecule has 1 heterocycles. The molecule has 1 fully saturated rings. The van der Waals surface area contributed by atoms with Gasteiger partial charge in [0.2, 0.25) is 0 Å². The normalized spacial score (nSPS) is 32.1. The second kappa shape index (κ2) is 3.24. The van der Waals surface area contributed by atoms with E-state index in [0.717, 1.165) is 0 Å². The fraction of sp³-hybridized carbons (Fsp3) is 1.00. The number of halogens is 1. The maximum absolute atomic E-state index is 5.83. The Labute approximate surface area is 68.8 Å². The van der Waals surface area contributed by atoms with Gasteiger partial charge in [-0.05, 0) is 25.6 Å². The van der Waals surface area contributed by atoms with Gasteiger partial charge in [-0.3, -0.25) is 0 Å². The van der Waals surface area contributed by atoms with Gasteiger partial charge in [-0.1, -0.05) is 6.42 Å². The highest BCUT2D eigenvalue weighted by Gasteiger charge is 2.30. The van der Waals surface area contributed by atoms with E-state index in [9.17, 15) is 0 Å². The van der Waals surface area contributed by atoms with Gasteiger partial charge in [0.15, 0.2) is 8.32 Å². The molecule has 1 rings (SSSR count). The molecule has 0 aromatic rings. The predicted molar refractivity (Wildman–Crippen MR) is 47.1 cm³/mol. The van der Waals surface area contributed by atoms with E-state index in [1.807, 2.05) is 0 Å². The van der Waals surface area contributed by atoms with E-state index < -0.39 is 8.32 Å². The van der Waals surface area contributed by atoms with Crippen LogP contribution in [-0.2, 0) is 4.43 Å². The summed E-state index contributed by atoms with van der Waals surface area (Å²) in [5.41, 5.74) is 0. The highest BCUT2D eigenvalue weighted by atomic mass is 35.5. The summed E-state index contributed by atoms with van der Waals surface area (Å²) in [6.07, 6.45) is 2.84. The maximum atomic E-state index is 5.83. The van der Waals surface area contributed by atoms with Crippen molar-refractivity contribution in [1.29, 1.82) is 0 Å². The Morgan fingerprint density at radius 1 is 1.60 bits per heavy atom. The topological polar surface area (TPSA) is 9.23 Å². The molecule has 0 bridgehead atoms. The van der Waals surface area contributed by atoms with Gasteiger partial charge in [-0.25, -0.2) is 0 Å². The lowest BCUT2D eigenvalue weighted by Crippen LogP contribution is -2.40. The van der Waals surface area contributed by atoms with Crippen LogP contribution in [-0.4, -0.2) is 20.3 Å². The molecule has 0 radical (unpaired) electrons. The van der Waals surface area contributed by atoms with Crippen molar-refractivity contribution in [3.05, 3.63) is 0 Å². The van der Waals surface area contributed by atoms with Gasteiger partial charge in [0.25, 0.3) is 0 Å². The largest absolute Gasteiger partial charge is 0.413 e. The highest BCUT2D eigenvalue weighted by molar-refractivity contribution is 6.71. The second-order valence-corrected chi connectivity index (χ2v) is 8.11. The van der Waals surface area contributed by atoms with Gasteiger partial charge in [0.05, 0.1) is 6.10 Å². The molecule has 0 amide bonds. The number of alkyl halides is 1. The molecule has 0 saturated carbocycles. The zero-order valence-electron chi connectivity index (χ0n) is 6.69. The summed E-state index contributed by atoms with van der Waals surface area (Å²) in [6.45, 7) is 4.54. The molecule has 0 aromatic carbocycles. The third-order valence-electron chi connectivity index (χ3n) is 1.96. The third-order valence-corrected chi connectivity index (χ3v) is 4.84. The van der Waals surface area contributed by atoms with Crippen molar-refractivity contribution in [2.24, 2.45) is 0 Å². The van der Waals surface area contributed by atoms with Crippen molar-refractivity contribution in [2.75, 3.05) is 5.88 Å². The lowest BCUT2D eigenvalue weighted by Gasteiger charge is -2.33. The summed E-state index contributed by atoms with van der Waals surface area (Å²) in [7, 11) is -1.26. The molecular weight excluding hydrogens is 164 g/mol. The van der Waals surface area contributed by atoms with Crippen LogP contribution < -0.4 is 0 Å². The van der Waals surface area contributed by atoms with Gasteiger partial charge in [0.1, 0.15) is 0 Å². The van der Waals surface area contributed by atoms with Crippen LogP contribution in [0.3, 0.4) is 0 Å². The van der Waals surface area contributed by atoms with Crippen LogP contribution in [0.2, 0.25) is 19.1 Å². The van der Waals surface area contributed by atoms with E-state index in [4.69, 9.17) is 16.0 Å². The summed E-state index contributed by atoms with van der Waals surface area (Å²) in [4.78, 5) is 0. The second-order valence-electron chi connectivity index (χ2n) is 3.55. The summed E-state index contributed by atoms with van der Waals surface area (Å²) in [5, 5.41) is 0. The van der Waals surface area contributed by atoms with Crippen LogP contribution in [0.1, 0.15) is 12.8 Å². The fourth-order valence-electron chi connectivity index (χ4n) is 1.43. The fourth-order valence-corrected chi connectivity index (χ4v) is 4.03. The van der Waals surface area contributed by atoms with E-state index in [0.29, 0.717) is 12.0 Å². The molecular formula is C7H15ClOSi. The van der Waals surface area contributed by atoms with Crippen LogP contribution in [0.15, 0.2) is 0 Å². The highest BCUT2D eigenvalue weighted by Crippen LogP contribution is 2.25. The van der Waals surface area contributed by atoms with Gasteiger partial charge in [-0.15, -0.1) is 11.6 Å². The smallest absolute Gasteiger partial charge is 0.187 e. The van der Waals surface area contributed by atoms with Crippen LogP contribution in [0.25, 0.3) is 0 Å². The van der Waals surface area contributed by atoms with Gasteiger partial charge < -0.3 is 4.43 Å². The monoisotopic (exact) mass is 178 g/mol. The van der Waals surface area contributed by atoms with Crippen molar-refractivity contribution >= 4 is 19.9 Å². The first-order valence-corrected chi connectivity index (χ1v) is 7.53. The number of hydrogen-bond donors (Lipinski definition) is 0. The van der Waals surface area contributed by atoms with Gasteiger partial charge in [-0.2, -0.15) is 0 Å². The maximum Gasteiger partial charge on any atom is 0.187 e. The van der Waals surface area contributed by atoms with Crippen LogP contribution >= 0.6 is 11.6 Å². The minimum Gasteiger partial charge on any atom is -0.413 e. The minimum absolute atomic E-state index is 0.358. The first-order chi connectivity index (χ1) is 4.64. The van der Waals surface area contributed by atoms with Crippen molar-refractivity contribution in [1.82, 2.24) is 0 Å². The molecule has 1 atom stereocenters. The molecule has 10 heavy (non-hydrogen) atoms. The average Bonchev–Trinajstić information content (AvgIpc) is 1.86. The predicted octanol–water partition coefficient (Wildman–Crippen LogP) is 2.61. The molecule has 0 aromatic heterocycles. The zero-order valence-corrected chi connectivity index (χ0v) is 8.45. The third kappa shape index (κ3) is 2.26. The SMILES string of the molecule is C[Si]1(C)CCCC(CCl)O1. The van der Waals surface area contributed by atoms with E-state index in [1.54, 1.807) is 0 Å². The summed E-state index contributed by atoms with van der Waals surface area (Å²) in [6, 6.07) is 1.31. The minimum atomic E-state index is -1.26. The molecule has 1 aliphatic rings. The molecule has 1 unspecified atom stereocenters. The Kier molecular flexibility index (Phi) is 2.78. The standard InChI is InChI=1S/C7H15ClOSi/c1-10(2)5-3-4-7(6-8)9-10/h7H,3-6H2,1-2H3. The summed E-state index contributed by atoms with van der Waals surface area (Å²) < 4.78 is 5.83. The van der Waals surface area contributed by atoms with E-state index in [1.165, 1.54) is 18.9 Å². The van der Waals surface area contributed by atoms with Crippen LogP contribution in [0, 0.1) is 0 Å². The van der Waals surface area contributed by atoms with E-state index >= 15 is 0 Å². The molecule has 1 saturated heterocycles. The molecule has 0 spiro atoms. The Hall–Kier alpha value is 0.467. The van der Waals surface area contributed by atoms with Crippen LogP contribution in [0.5, 0.6) is 0 Å². The Morgan fingerprint density at radius 2 is 2.30 bits per heavy atom. The van der Waals surface area contributed by atoms with E-state index in [-0.39, 0.29) is 0 Å². The van der Waals surface area contributed by atoms with Crippen LogP contribution in [0.4, 0.5) is 0 Å². The Balaban J connectivity index is 2.40. The molecule has 60 valence electrons. The zero-order chi connectivity index (χ0) is 7.61. The van der Waals surface area contributed by atoms with Crippen molar-refractivity contribution in [3.8, 4) is 0 Å². The van der Waals surface area contributed by atoms with E-state index in [2.05, 4.69) is 13.1 Å². The average molecular weight is 179 g/mol. The van der Waals surface area contributed by atoms with Gasteiger partial charge in [0, 0.05) is 5.88 Å². The quantitative estimate of drug-likeness (QED) is 0.443. The number of hydrogen-bond acceptors (Lipinski definition) is 1. The lowest BCUT2D eigenvalue weighted by atomic mass is 10.2. The molecule has 1 aliphatic heterocycles. The molecule has 0 N–H and O–H groups in total. The van der Waals surface area contributed by atoms with Crippen molar-refractivity contribution < 1.29 is 4.43 Å². The molecule has 0 aliphatic carbocycles. The summed E-state index contributed by atoms with van der Waals surface area (Å²) >= 11 is 5.70. The van der Waals surface area contributed by atoms with Crippen molar-refractivity contribution in [2.45, 2.75) is 38.1 Å². The van der Waals surface area contributed by atoms with Crippen molar-refractivity contribution in [3.63, 3.8) is 0 Å². The van der Waals surface area contributed by atoms with Gasteiger partial charge >= 0.3 is 0 Å². The first-order valence-electron chi connectivity index (χ1n) is 3.88. The number of rotatable bonds is 1. The first kappa shape index (κ1) is 8.56. The summed E-state index contributed by atoms with van der Waals surface area (Å²) in [5.74, 6) is 0.677. The molecule has 3 heteroatoms. The molecule has 1 nitrogen and oxygen atoms in total. The lowest BCUT2D eigenvalue weighted by molar-refractivity contribution is 0.182. The Bertz CT molecular complexity index is 116. The Morgan fingerprint density at radius 3 is 2.70 bits per heavy atom.